The number of hydrogen-bond donors (Lipinski definition) is 1. The van der Waals surface area contributed by atoms with Crippen molar-refractivity contribution in [1.82, 2.24) is 10.3 Å². The van der Waals surface area contributed by atoms with E-state index in [9.17, 15) is 4.79 Å². The Hall–Kier alpha value is -1.82. The van der Waals surface area contributed by atoms with E-state index in [1.807, 2.05) is 18.2 Å². The zero-order valence-electron chi connectivity index (χ0n) is 13.7. The number of thiazole rings is 1. The van der Waals surface area contributed by atoms with Crippen molar-refractivity contribution < 1.29 is 9.53 Å². The van der Waals surface area contributed by atoms with Gasteiger partial charge in [-0.25, -0.2) is 4.98 Å². The van der Waals surface area contributed by atoms with Crippen LogP contribution in [0.15, 0.2) is 18.2 Å². The average Bonchev–Trinajstić information content (AvgIpc) is 3.02. The van der Waals surface area contributed by atoms with Crippen molar-refractivity contribution in [3.8, 4) is 5.75 Å². The molecule has 1 fully saturated rings. The Balaban J connectivity index is 1.64. The summed E-state index contributed by atoms with van der Waals surface area (Å²) in [7, 11) is 1.68. The molecule has 0 aliphatic carbocycles. The van der Waals surface area contributed by atoms with Crippen molar-refractivity contribution in [2.24, 2.45) is 5.92 Å². The van der Waals surface area contributed by atoms with Gasteiger partial charge >= 0.3 is 0 Å². The van der Waals surface area contributed by atoms with E-state index >= 15 is 0 Å². The van der Waals surface area contributed by atoms with Crippen LogP contribution in [-0.2, 0) is 4.79 Å². The highest BCUT2D eigenvalue weighted by atomic mass is 32.1. The molecular weight excluding hydrogens is 310 g/mol. The molecule has 124 valence electrons. The van der Waals surface area contributed by atoms with Crippen LogP contribution in [0.5, 0.6) is 5.75 Å². The van der Waals surface area contributed by atoms with E-state index in [1.54, 1.807) is 18.4 Å². The fraction of sp³-hybridized carbons (Fsp3) is 0.529. The molecule has 0 bridgehead atoms. The molecule has 2 aromatic rings. The van der Waals surface area contributed by atoms with E-state index in [4.69, 9.17) is 9.72 Å². The summed E-state index contributed by atoms with van der Waals surface area (Å²) < 4.78 is 6.41. The van der Waals surface area contributed by atoms with Crippen molar-refractivity contribution >= 4 is 32.6 Å². The lowest BCUT2D eigenvalue weighted by Gasteiger charge is -2.31. The van der Waals surface area contributed by atoms with Gasteiger partial charge in [-0.3, -0.25) is 4.79 Å². The van der Waals surface area contributed by atoms with E-state index in [-0.39, 0.29) is 11.8 Å². The van der Waals surface area contributed by atoms with Gasteiger partial charge in [0, 0.05) is 25.6 Å². The van der Waals surface area contributed by atoms with Gasteiger partial charge in [0.2, 0.25) is 5.91 Å². The highest BCUT2D eigenvalue weighted by molar-refractivity contribution is 7.22. The molecule has 1 aliphatic rings. The number of piperidine rings is 1. The molecule has 3 rings (SSSR count). The second-order valence-corrected chi connectivity index (χ2v) is 6.89. The Bertz CT molecular complexity index is 678. The minimum atomic E-state index is 0.146. The predicted molar refractivity (Wildman–Crippen MR) is 94.4 cm³/mol. The molecule has 1 N–H and O–H groups in total. The molecule has 0 spiro atoms. The summed E-state index contributed by atoms with van der Waals surface area (Å²) in [5, 5.41) is 4.05. The lowest BCUT2D eigenvalue weighted by atomic mass is 9.96. The number of ether oxygens (including phenoxy) is 1. The number of amides is 1. The first-order chi connectivity index (χ1) is 11.2. The molecule has 1 aliphatic heterocycles. The Morgan fingerprint density at radius 3 is 2.91 bits per heavy atom. The number of aromatic nitrogens is 1. The highest BCUT2D eigenvalue weighted by Gasteiger charge is 2.26. The summed E-state index contributed by atoms with van der Waals surface area (Å²) in [6.45, 7) is 4.63. The van der Waals surface area contributed by atoms with Gasteiger partial charge in [-0.2, -0.15) is 0 Å². The lowest BCUT2D eigenvalue weighted by molar-refractivity contribution is -0.125. The molecule has 2 heterocycles. The van der Waals surface area contributed by atoms with E-state index in [2.05, 4.69) is 17.1 Å². The van der Waals surface area contributed by atoms with Gasteiger partial charge in [0.1, 0.15) is 5.75 Å². The van der Waals surface area contributed by atoms with Crippen molar-refractivity contribution in [3.63, 3.8) is 0 Å². The summed E-state index contributed by atoms with van der Waals surface area (Å²) in [5.41, 5.74) is 1.01. The summed E-state index contributed by atoms with van der Waals surface area (Å²) in [4.78, 5) is 19.1. The van der Waals surface area contributed by atoms with E-state index in [1.165, 1.54) is 0 Å². The molecule has 0 saturated carbocycles. The minimum Gasteiger partial charge on any atom is -0.497 e. The summed E-state index contributed by atoms with van der Waals surface area (Å²) >= 11 is 1.69. The van der Waals surface area contributed by atoms with Gasteiger partial charge < -0.3 is 15.0 Å². The fourth-order valence-corrected chi connectivity index (χ4v) is 3.93. The third kappa shape index (κ3) is 3.58. The number of carbonyl (C=O) groups excluding carboxylic acids is 1. The van der Waals surface area contributed by atoms with E-state index in [0.29, 0.717) is 0 Å². The van der Waals surface area contributed by atoms with Crippen LogP contribution in [0, 0.1) is 5.92 Å². The minimum absolute atomic E-state index is 0.146. The van der Waals surface area contributed by atoms with Gasteiger partial charge in [-0.05, 0) is 37.5 Å². The topological polar surface area (TPSA) is 54.5 Å². The monoisotopic (exact) mass is 333 g/mol. The molecule has 0 unspecified atom stereocenters. The first kappa shape index (κ1) is 16.1. The summed E-state index contributed by atoms with van der Waals surface area (Å²) in [6, 6.07) is 5.97. The van der Waals surface area contributed by atoms with Crippen LogP contribution in [0.3, 0.4) is 0 Å². The van der Waals surface area contributed by atoms with Crippen LogP contribution in [0.25, 0.3) is 10.2 Å². The number of nitrogens with one attached hydrogen (secondary N) is 1. The SMILES string of the molecule is CCCNC(=O)C1CCN(c2nc3ccc(OC)cc3s2)CC1. The van der Waals surface area contributed by atoms with Crippen molar-refractivity contribution in [3.05, 3.63) is 18.2 Å². The number of nitrogens with zero attached hydrogens (tertiary/aromatic N) is 2. The second kappa shape index (κ2) is 7.17. The number of methoxy groups -OCH3 is 1. The number of hydrogen-bond acceptors (Lipinski definition) is 5. The van der Waals surface area contributed by atoms with Gasteiger partial charge in [-0.1, -0.05) is 18.3 Å². The Morgan fingerprint density at radius 1 is 1.43 bits per heavy atom. The van der Waals surface area contributed by atoms with Gasteiger partial charge in [0.25, 0.3) is 0 Å². The van der Waals surface area contributed by atoms with Crippen LogP contribution < -0.4 is 15.0 Å². The Morgan fingerprint density at radius 2 is 2.22 bits per heavy atom. The maximum atomic E-state index is 12.1. The smallest absolute Gasteiger partial charge is 0.223 e. The Labute approximate surface area is 140 Å². The quantitative estimate of drug-likeness (QED) is 0.914. The largest absolute Gasteiger partial charge is 0.497 e. The molecule has 23 heavy (non-hydrogen) atoms. The number of fused-ring (bicyclic) bond motifs is 1. The number of rotatable bonds is 5. The molecule has 5 nitrogen and oxygen atoms in total. The summed E-state index contributed by atoms with van der Waals surface area (Å²) in [5.74, 6) is 1.21. The molecule has 1 amide bonds. The number of benzene rings is 1. The van der Waals surface area contributed by atoms with Gasteiger partial charge in [0.05, 0.1) is 17.3 Å². The molecule has 0 atom stereocenters. The van der Waals surface area contributed by atoms with Crippen LogP contribution in [0.4, 0.5) is 5.13 Å². The maximum absolute atomic E-state index is 12.1. The average molecular weight is 333 g/mol. The molecular formula is C17H23N3O2S. The van der Waals surface area contributed by atoms with Crippen molar-refractivity contribution in [2.75, 3.05) is 31.6 Å². The van der Waals surface area contributed by atoms with Crippen molar-refractivity contribution in [2.45, 2.75) is 26.2 Å². The third-order valence-electron chi connectivity index (χ3n) is 4.27. The molecule has 0 radical (unpaired) electrons. The number of carbonyl (C=O) groups is 1. The second-order valence-electron chi connectivity index (χ2n) is 5.88. The highest BCUT2D eigenvalue weighted by Crippen LogP contribution is 2.33. The van der Waals surface area contributed by atoms with Crippen LogP contribution in [0.1, 0.15) is 26.2 Å². The van der Waals surface area contributed by atoms with Crippen molar-refractivity contribution in [1.29, 1.82) is 0 Å². The van der Waals surface area contributed by atoms with Crippen LogP contribution in [0.2, 0.25) is 0 Å². The fourth-order valence-electron chi connectivity index (χ4n) is 2.88. The number of anilines is 1. The summed E-state index contributed by atoms with van der Waals surface area (Å²) in [6.07, 6.45) is 2.78. The van der Waals surface area contributed by atoms with Crippen LogP contribution >= 0.6 is 11.3 Å². The molecule has 1 saturated heterocycles. The zero-order chi connectivity index (χ0) is 16.2. The van der Waals surface area contributed by atoms with Gasteiger partial charge in [0.15, 0.2) is 5.13 Å². The molecule has 6 heteroatoms. The third-order valence-corrected chi connectivity index (χ3v) is 5.35. The first-order valence-electron chi connectivity index (χ1n) is 8.18. The van der Waals surface area contributed by atoms with E-state index in [0.717, 1.165) is 60.0 Å². The predicted octanol–water partition coefficient (Wildman–Crippen LogP) is 3.05. The van der Waals surface area contributed by atoms with Gasteiger partial charge in [-0.15, -0.1) is 0 Å². The Kier molecular flexibility index (Phi) is 5.00. The maximum Gasteiger partial charge on any atom is 0.223 e. The molecule has 1 aromatic heterocycles. The molecule has 1 aromatic carbocycles. The standard InChI is InChI=1S/C17H23N3O2S/c1-3-8-18-16(21)12-6-9-20(10-7-12)17-19-14-5-4-13(22-2)11-15(14)23-17/h4-5,11-12H,3,6-10H2,1-2H3,(H,18,21). The zero-order valence-corrected chi connectivity index (χ0v) is 14.5. The first-order valence-corrected chi connectivity index (χ1v) is 9.00. The van der Waals surface area contributed by atoms with E-state index < -0.39 is 0 Å². The lowest BCUT2D eigenvalue weighted by Crippen LogP contribution is -2.40. The van der Waals surface area contributed by atoms with Crippen LogP contribution in [-0.4, -0.2) is 37.6 Å². The normalized spacial score (nSPS) is 15.8.